The van der Waals surface area contributed by atoms with E-state index in [2.05, 4.69) is 26.6 Å². The Morgan fingerprint density at radius 3 is 2.71 bits per heavy atom. The average Bonchev–Trinajstić information content (AvgIpc) is 2.48. The van der Waals surface area contributed by atoms with Crippen LogP contribution in [0.5, 0.6) is 11.5 Å². The summed E-state index contributed by atoms with van der Waals surface area (Å²) in [6, 6.07) is 3.77. The highest BCUT2D eigenvalue weighted by Gasteiger charge is 2.21. The molecule has 0 aliphatic carbocycles. The van der Waals surface area contributed by atoms with Gasteiger partial charge >= 0.3 is 0 Å². The van der Waals surface area contributed by atoms with Crippen LogP contribution in [0.15, 0.2) is 16.6 Å². The molecule has 7 heteroatoms. The molecule has 0 bridgehead atoms. The lowest BCUT2D eigenvalue weighted by Gasteiger charge is -2.24. The fourth-order valence-corrected chi connectivity index (χ4v) is 3.03. The van der Waals surface area contributed by atoms with Crippen LogP contribution in [0.4, 0.5) is 0 Å². The molecule has 1 fully saturated rings. The Morgan fingerprint density at radius 1 is 1.24 bits per heavy atom. The van der Waals surface area contributed by atoms with Crippen molar-refractivity contribution >= 4 is 34.2 Å². The van der Waals surface area contributed by atoms with Crippen molar-refractivity contribution < 1.29 is 14.3 Å². The lowest BCUT2D eigenvalue weighted by molar-refractivity contribution is 0.0928. The predicted molar refractivity (Wildman–Crippen MR) is 85.7 cm³/mol. The summed E-state index contributed by atoms with van der Waals surface area (Å²) in [5.41, 5.74) is 0.597. The van der Waals surface area contributed by atoms with Gasteiger partial charge in [0.25, 0.3) is 5.91 Å². The molecule has 0 radical (unpaired) electrons. The number of piperidine rings is 1. The first-order valence-corrected chi connectivity index (χ1v) is 7.64. The number of rotatable bonds is 2. The van der Waals surface area contributed by atoms with E-state index in [0.29, 0.717) is 30.3 Å². The van der Waals surface area contributed by atoms with E-state index >= 15 is 0 Å². The van der Waals surface area contributed by atoms with Crippen molar-refractivity contribution in [1.29, 1.82) is 0 Å². The van der Waals surface area contributed by atoms with Gasteiger partial charge in [0.15, 0.2) is 11.5 Å². The minimum atomic E-state index is -0.0606. The number of fused-ring (bicyclic) bond motifs is 1. The zero-order valence-corrected chi connectivity index (χ0v) is 13.9. The Bertz CT molecular complexity index is 521. The lowest BCUT2D eigenvalue weighted by Crippen LogP contribution is -2.42. The summed E-state index contributed by atoms with van der Waals surface area (Å²) in [4.78, 5) is 12.3. The number of hydrogen-bond donors (Lipinski definition) is 2. The fraction of sp³-hybridized carbons (Fsp3) is 0.500. The van der Waals surface area contributed by atoms with Crippen LogP contribution in [0.1, 0.15) is 23.2 Å². The molecule has 1 aromatic rings. The number of benzene rings is 1. The van der Waals surface area contributed by atoms with Crippen molar-refractivity contribution in [3.8, 4) is 11.5 Å². The van der Waals surface area contributed by atoms with Crippen LogP contribution < -0.4 is 20.1 Å². The van der Waals surface area contributed by atoms with Crippen LogP contribution >= 0.6 is 28.3 Å². The van der Waals surface area contributed by atoms with E-state index in [9.17, 15) is 4.79 Å². The molecule has 2 N–H and O–H groups in total. The van der Waals surface area contributed by atoms with Crippen molar-refractivity contribution in [2.24, 2.45) is 0 Å². The Hall–Kier alpha value is -0.980. The van der Waals surface area contributed by atoms with Crippen molar-refractivity contribution in [3.63, 3.8) is 0 Å². The third-order valence-corrected chi connectivity index (χ3v) is 4.12. The van der Waals surface area contributed by atoms with E-state index in [1.54, 1.807) is 12.1 Å². The molecular weight excluding hydrogens is 360 g/mol. The normalized spacial score (nSPS) is 17.8. The van der Waals surface area contributed by atoms with E-state index in [4.69, 9.17) is 9.47 Å². The molecule has 1 amide bonds. The van der Waals surface area contributed by atoms with E-state index in [-0.39, 0.29) is 24.4 Å². The molecule has 5 nitrogen and oxygen atoms in total. The van der Waals surface area contributed by atoms with Gasteiger partial charge in [-0.1, -0.05) is 0 Å². The first-order chi connectivity index (χ1) is 9.74. The van der Waals surface area contributed by atoms with Gasteiger partial charge in [-0.05, 0) is 54.0 Å². The van der Waals surface area contributed by atoms with Gasteiger partial charge in [0.1, 0.15) is 13.2 Å². The van der Waals surface area contributed by atoms with Gasteiger partial charge in [-0.25, -0.2) is 0 Å². The molecule has 2 heterocycles. The summed E-state index contributed by atoms with van der Waals surface area (Å²) in [5, 5.41) is 6.36. The van der Waals surface area contributed by atoms with Gasteiger partial charge in [0, 0.05) is 11.6 Å². The topological polar surface area (TPSA) is 59.6 Å². The Labute approximate surface area is 138 Å². The number of carbonyl (C=O) groups is 1. The third kappa shape index (κ3) is 3.81. The standard InChI is InChI=1S/C14H17BrN2O3.ClH/c15-11-7-9(8-12-13(11)20-6-5-19-12)14(18)17-10-1-3-16-4-2-10;/h7-8,10,16H,1-6H2,(H,17,18);1H. The van der Waals surface area contributed by atoms with Crippen LogP contribution in [0, 0.1) is 0 Å². The second kappa shape index (κ2) is 7.33. The summed E-state index contributed by atoms with van der Waals surface area (Å²) in [6.07, 6.45) is 1.94. The number of nitrogens with one attached hydrogen (secondary N) is 2. The largest absolute Gasteiger partial charge is 0.486 e. The smallest absolute Gasteiger partial charge is 0.251 e. The summed E-state index contributed by atoms with van der Waals surface area (Å²) in [7, 11) is 0. The molecule has 1 saturated heterocycles. The third-order valence-electron chi connectivity index (χ3n) is 3.53. The van der Waals surface area contributed by atoms with Gasteiger partial charge in [-0.2, -0.15) is 0 Å². The first-order valence-electron chi connectivity index (χ1n) is 6.85. The van der Waals surface area contributed by atoms with Crippen LogP contribution in [0.3, 0.4) is 0 Å². The number of hydrogen-bond acceptors (Lipinski definition) is 4. The number of carbonyl (C=O) groups excluding carboxylic acids is 1. The van der Waals surface area contributed by atoms with Crippen molar-refractivity contribution in [2.75, 3.05) is 26.3 Å². The molecule has 0 unspecified atom stereocenters. The average molecular weight is 378 g/mol. The quantitative estimate of drug-likeness (QED) is 0.829. The van der Waals surface area contributed by atoms with Gasteiger partial charge in [0.05, 0.1) is 4.47 Å². The molecule has 2 aliphatic heterocycles. The Kier molecular flexibility index (Phi) is 5.72. The van der Waals surface area contributed by atoms with Crippen molar-refractivity contribution in [3.05, 3.63) is 22.2 Å². The number of amides is 1. The van der Waals surface area contributed by atoms with Crippen molar-refractivity contribution in [1.82, 2.24) is 10.6 Å². The first kappa shape index (κ1) is 16.4. The summed E-state index contributed by atoms with van der Waals surface area (Å²) in [5.74, 6) is 1.24. The Balaban J connectivity index is 0.00000161. The fourth-order valence-electron chi connectivity index (χ4n) is 2.48. The summed E-state index contributed by atoms with van der Waals surface area (Å²) < 4.78 is 11.8. The predicted octanol–water partition coefficient (Wildman–Crippen LogP) is 2.12. The maximum absolute atomic E-state index is 12.3. The SMILES string of the molecule is Cl.O=C(NC1CCNCC1)c1cc(Br)c2c(c1)OCCO2. The molecule has 2 aliphatic rings. The molecule has 116 valence electrons. The number of halogens is 2. The molecule has 0 spiro atoms. The number of ether oxygens (including phenoxy) is 2. The lowest BCUT2D eigenvalue weighted by atomic mass is 10.1. The van der Waals surface area contributed by atoms with Crippen LogP contribution in [-0.4, -0.2) is 38.3 Å². The summed E-state index contributed by atoms with van der Waals surface area (Å²) >= 11 is 3.43. The highest BCUT2D eigenvalue weighted by Crippen LogP contribution is 2.38. The highest BCUT2D eigenvalue weighted by atomic mass is 79.9. The van der Waals surface area contributed by atoms with Gasteiger partial charge in [-0.15, -0.1) is 12.4 Å². The molecule has 0 saturated carbocycles. The van der Waals surface area contributed by atoms with E-state index in [1.165, 1.54) is 0 Å². The van der Waals surface area contributed by atoms with Crippen LogP contribution in [-0.2, 0) is 0 Å². The van der Waals surface area contributed by atoms with Gasteiger partial charge in [0.2, 0.25) is 0 Å². The van der Waals surface area contributed by atoms with E-state index in [0.717, 1.165) is 30.4 Å². The van der Waals surface area contributed by atoms with Gasteiger partial charge < -0.3 is 20.1 Å². The Morgan fingerprint density at radius 2 is 1.95 bits per heavy atom. The highest BCUT2D eigenvalue weighted by molar-refractivity contribution is 9.10. The zero-order chi connectivity index (χ0) is 13.9. The van der Waals surface area contributed by atoms with Gasteiger partial charge in [-0.3, -0.25) is 4.79 Å². The van der Waals surface area contributed by atoms with E-state index in [1.807, 2.05) is 0 Å². The molecular formula is C14H18BrClN2O3. The maximum atomic E-state index is 12.3. The minimum absolute atomic E-state index is 0. The van der Waals surface area contributed by atoms with Crippen LogP contribution in [0.25, 0.3) is 0 Å². The van der Waals surface area contributed by atoms with E-state index < -0.39 is 0 Å². The molecule has 3 rings (SSSR count). The second-order valence-corrected chi connectivity index (χ2v) is 5.83. The minimum Gasteiger partial charge on any atom is -0.486 e. The second-order valence-electron chi connectivity index (χ2n) is 4.98. The molecule has 0 atom stereocenters. The maximum Gasteiger partial charge on any atom is 0.251 e. The molecule has 0 aromatic heterocycles. The van der Waals surface area contributed by atoms with Crippen LogP contribution in [0.2, 0.25) is 0 Å². The summed E-state index contributed by atoms with van der Waals surface area (Å²) in [6.45, 7) is 2.95. The van der Waals surface area contributed by atoms with Crippen molar-refractivity contribution in [2.45, 2.75) is 18.9 Å². The molecule has 1 aromatic carbocycles. The zero-order valence-electron chi connectivity index (χ0n) is 11.5. The molecule has 21 heavy (non-hydrogen) atoms. The monoisotopic (exact) mass is 376 g/mol.